The zero-order valence-corrected chi connectivity index (χ0v) is 10.2. The first-order valence-corrected chi connectivity index (χ1v) is 6.21. The van der Waals surface area contributed by atoms with Gasteiger partial charge in [0.15, 0.2) is 0 Å². The Morgan fingerprint density at radius 2 is 2.12 bits per heavy atom. The van der Waals surface area contributed by atoms with Crippen molar-refractivity contribution in [3.63, 3.8) is 0 Å². The Morgan fingerprint density at radius 1 is 1.35 bits per heavy atom. The fourth-order valence-electron chi connectivity index (χ4n) is 1.37. The summed E-state index contributed by atoms with van der Waals surface area (Å²) in [6, 6.07) is 7.26. The maximum absolute atomic E-state index is 11.3. The Kier molecular flexibility index (Phi) is 3.82. The first kappa shape index (κ1) is 11.7. The van der Waals surface area contributed by atoms with E-state index in [-0.39, 0.29) is 5.97 Å². The van der Waals surface area contributed by atoms with Crippen molar-refractivity contribution in [3.8, 4) is 17.0 Å². The van der Waals surface area contributed by atoms with E-state index in [4.69, 9.17) is 4.74 Å². The zero-order chi connectivity index (χ0) is 12.1. The summed E-state index contributed by atoms with van der Waals surface area (Å²) in [5.41, 5.74) is 1.80. The van der Waals surface area contributed by atoms with Gasteiger partial charge in [0.25, 0.3) is 0 Å². The molecule has 0 radical (unpaired) electrons. The molecule has 0 N–H and O–H groups in total. The smallest absolute Gasteiger partial charge is 0.311 e. The maximum Gasteiger partial charge on any atom is 0.311 e. The van der Waals surface area contributed by atoms with Crippen LogP contribution < -0.4 is 4.74 Å². The van der Waals surface area contributed by atoms with Gasteiger partial charge in [0.05, 0.1) is 0 Å². The molecule has 2 rings (SSSR count). The number of hydrogen-bond donors (Lipinski definition) is 0. The lowest BCUT2D eigenvalue weighted by molar-refractivity contribution is -0.134. The van der Waals surface area contributed by atoms with Crippen LogP contribution in [0.25, 0.3) is 11.3 Å². The van der Waals surface area contributed by atoms with Gasteiger partial charge >= 0.3 is 5.97 Å². The quantitative estimate of drug-likeness (QED) is 0.616. The fraction of sp³-hybridized carbons (Fsp3) is 0.250. The molecule has 0 amide bonds. The Hall–Kier alpha value is -1.75. The molecule has 1 aromatic carbocycles. The second-order valence-electron chi connectivity index (χ2n) is 3.54. The van der Waals surface area contributed by atoms with E-state index in [9.17, 15) is 4.79 Å². The molecule has 0 saturated heterocycles. The van der Waals surface area contributed by atoms with Gasteiger partial charge in [0.1, 0.15) is 11.4 Å². The van der Waals surface area contributed by atoms with E-state index in [0.29, 0.717) is 12.2 Å². The minimum absolute atomic E-state index is 0.199. The van der Waals surface area contributed by atoms with Crippen LogP contribution in [0.5, 0.6) is 5.75 Å². The Balaban J connectivity index is 2.06. The molecule has 88 valence electrons. The van der Waals surface area contributed by atoms with Crippen molar-refractivity contribution in [2.45, 2.75) is 19.8 Å². The molecule has 0 aliphatic rings. The molecule has 0 atom stereocenters. The van der Waals surface area contributed by atoms with Gasteiger partial charge in [-0.2, -0.15) is 0 Å². The number of rotatable bonds is 4. The number of hydrogen-bond acceptors (Lipinski definition) is 5. The van der Waals surface area contributed by atoms with Crippen molar-refractivity contribution < 1.29 is 9.53 Å². The molecule has 1 heterocycles. The highest BCUT2D eigenvalue weighted by Gasteiger charge is 2.04. The summed E-state index contributed by atoms with van der Waals surface area (Å²) < 4.78 is 8.95. The van der Waals surface area contributed by atoms with Crippen molar-refractivity contribution >= 4 is 17.5 Å². The van der Waals surface area contributed by atoms with Crippen molar-refractivity contribution in [1.29, 1.82) is 0 Å². The van der Waals surface area contributed by atoms with Gasteiger partial charge in [0.2, 0.25) is 0 Å². The lowest BCUT2D eigenvalue weighted by atomic mass is 10.2. The van der Waals surface area contributed by atoms with Crippen LogP contribution in [0.15, 0.2) is 29.6 Å². The third-order valence-corrected chi connectivity index (χ3v) is 2.70. The van der Waals surface area contributed by atoms with E-state index in [1.807, 2.05) is 24.4 Å². The summed E-state index contributed by atoms with van der Waals surface area (Å²) in [6.45, 7) is 1.94. The average Bonchev–Trinajstić information content (AvgIpc) is 2.84. The van der Waals surface area contributed by atoms with E-state index < -0.39 is 0 Å². The lowest BCUT2D eigenvalue weighted by Crippen LogP contribution is -2.06. The number of benzene rings is 1. The van der Waals surface area contributed by atoms with Crippen molar-refractivity contribution in [1.82, 2.24) is 9.59 Å². The summed E-state index contributed by atoms with van der Waals surface area (Å²) in [5, 5.41) is 5.84. The first-order valence-electron chi connectivity index (χ1n) is 5.37. The average molecular weight is 248 g/mol. The molecule has 0 fully saturated rings. The molecule has 0 bridgehead atoms. The van der Waals surface area contributed by atoms with E-state index in [2.05, 4.69) is 9.59 Å². The van der Waals surface area contributed by atoms with Crippen LogP contribution in [0.3, 0.4) is 0 Å². The number of ether oxygens (including phenoxy) is 1. The van der Waals surface area contributed by atoms with Gasteiger partial charge in [0, 0.05) is 17.4 Å². The van der Waals surface area contributed by atoms with Crippen LogP contribution in [0.1, 0.15) is 19.8 Å². The van der Waals surface area contributed by atoms with Gasteiger partial charge in [-0.1, -0.05) is 11.4 Å². The number of carbonyl (C=O) groups is 1. The molecule has 1 aromatic heterocycles. The molecule has 4 nitrogen and oxygen atoms in total. The minimum Gasteiger partial charge on any atom is -0.427 e. The van der Waals surface area contributed by atoms with E-state index in [1.54, 1.807) is 12.1 Å². The van der Waals surface area contributed by atoms with Crippen LogP contribution in [-0.4, -0.2) is 15.6 Å². The summed E-state index contributed by atoms with van der Waals surface area (Å²) in [5.74, 6) is 0.367. The molecule has 5 heteroatoms. The third-order valence-electron chi connectivity index (χ3n) is 2.20. The normalized spacial score (nSPS) is 10.2. The summed E-state index contributed by atoms with van der Waals surface area (Å²) in [4.78, 5) is 11.3. The predicted molar refractivity (Wildman–Crippen MR) is 65.9 cm³/mol. The van der Waals surface area contributed by atoms with E-state index >= 15 is 0 Å². The first-order chi connectivity index (χ1) is 8.29. The lowest BCUT2D eigenvalue weighted by Gasteiger charge is -2.03. The molecule has 2 aromatic rings. The molecule has 0 aliphatic carbocycles. The van der Waals surface area contributed by atoms with Crippen LogP contribution in [-0.2, 0) is 4.79 Å². The molecule has 0 aliphatic heterocycles. The summed E-state index contributed by atoms with van der Waals surface area (Å²) in [7, 11) is 0. The van der Waals surface area contributed by atoms with Crippen LogP contribution in [0.2, 0.25) is 0 Å². The highest BCUT2D eigenvalue weighted by Crippen LogP contribution is 2.21. The van der Waals surface area contributed by atoms with E-state index in [1.165, 1.54) is 11.5 Å². The van der Waals surface area contributed by atoms with Crippen molar-refractivity contribution in [3.05, 3.63) is 29.6 Å². The largest absolute Gasteiger partial charge is 0.427 e. The Labute approximate surface area is 103 Å². The molecular formula is C12H12N2O2S. The van der Waals surface area contributed by atoms with Gasteiger partial charge in [-0.25, -0.2) is 0 Å². The van der Waals surface area contributed by atoms with Gasteiger partial charge < -0.3 is 4.74 Å². The summed E-state index contributed by atoms with van der Waals surface area (Å²) >= 11 is 1.31. The van der Waals surface area contributed by atoms with Crippen molar-refractivity contribution in [2.24, 2.45) is 0 Å². The molecular weight excluding hydrogens is 236 g/mol. The SMILES string of the molecule is CCCC(=O)Oc1ccc(-c2csnn2)cc1. The summed E-state index contributed by atoms with van der Waals surface area (Å²) in [6.07, 6.45) is 1.24. The van der Waals surface area contributed by atoms with Gasteiger partial charge in [-0.3, -0.25) is 4.79 Å². The van der Waals surface area contributed by atoms with E-state index in [0.717, 1.165) is 17.7 Å². The molecule has 17 heavy (non-hydrogen) atoms. The van der Waals surface area contributed by atoms with Crippen LogP contribution in [0.4, 0.5) is 0 Å². The second kappa shape index (κ2) is 5.54. The number of aromatic nitrogens is 2. The highest BCUT2D eigenvalue weighted by atomic mass is 32.1. The molecule has 0 saturated carbocycles. The van der Waals surface area contributed by atoms with Crippen LogP contribution in [0, 0.1) is 0 Å². The topological polar surface area (TPSA) is 52.1 Å². The standard InChI is InChI=1S/C12H12N2O2S/c1-2-3-12(15)16-10-6-4-9(5-7-10)11-8-17-14-13-11/h4-8H,2-3H2,1H3. The van der Waals surface area contributed by atoms with Gasteiger partial charge in [-0.05, 0) is 42.2 Å². The fourth-order valence-corrected chi connectivity index (χ4v) is 1.84. The molecule has 0 spiro atoms. The predicted octanol–water partition coefficient (Wildman–Crippen LogP) is 2.91. The minimum atomic E-state index is -0.199. The number of nitrogens with zero attached hydrogens (tertiary/aromatic N) is 2. The van der Waals surface area contributed by atoms with Crippen molar-refractivity contribution in [2.75, 3.05) is 0 Å². The highest BCUT2D eigenvalue weighted by molar-refractivity contribution is 7.03. The number of carbonyl (C=O) groups excluding carboxylic acids is 1. The van der Waals surface area contributed by atoms with Gasteiger partial charge in [-0.15, -0.1) is 5.10 Å². The molecule has 0 unspecified atom stereocenters. The zero-order valence-electron chi connectivity index (χ0n) is 9.42. The maximum atomic E-state index is 11.3. The number of esters is 1. The monoisotopic (exact) mass is 248 g/mol. The second-order valence-corrected chi connectivity index (χ2v) is 4.15. The van der Waals surface area contributed by atoms with Crippen LogP contribution >= 0.6 is 11.5 Å². The Bertz CT molecular complexity index is 480. The third kappa shape index (κ3) is 3.10. The Morgan fingerprint density at radius 3 is 2.71 bits per heavy atom.